The number of nitrogens with one attached hydrogen (secondary N) is 2. The zero-order chi connectivity index (χ0) is 26.8. The van der Waals surface area contributed by atoms with Crippen LogP contribution in [0.25, 0.3) is 0 Å². The molecule has 37 heavy (non-hydrogen) atoms. The van der Waals surface area contributed by atoms with E-state index < -0.39 is 53.1 Å². The quantitative estimate of drug-likeness (QED) is 0.258. The monoisotopic (exact) mass is 531 g/mol. The van der Waals surface area contributed by atoms with Crippen molar-refractivity contribution in [1.29, 1.82) is 0 Å². The summed E-state index contributed by atoms with van der Waals surface area (Å²) in [6.45, 7) is -0.0177. The first kappa shape index (κ1) is 28.2. The Morgan fingerprint density at radius 3 is 2.38 bits per heavy atom. The average molecular weight is 531 g/mol. The highest BCUT2D eigenvalue weighted by Gasteiger charge is 2.33. The minimum atomic E-state index is -3.22. The molecule has 0 radical (unpaired) electrons. The highest BCUT2D eigenvalue weighted by Crippen LogP contribution is 2.10. The summed E-state index contributed by atoms with van der Waals surface area (Å²) >= 11 is 0. The van der Waals surface area contributed by atoms with Crippen molar-refractivity contribution in [3.05, 3.63) is 60.2 Å². The molecule has 14 heteroatoms. The maximum Gasteiger partial charge on any atom is 0.475 e. The molecule has 12 nitrogen and oxygen atoms in total. The Balaban J connectivity index is 1.67. The van der Waals surface area contributed by atoms with Crippen LogP contribution in [-0.2, 0) is 25.8 Å². The fourth-order valence-electron chi connectivity index (χ4n) is 3.87. The maximum absolute atomic E-state index is 13.1. The minimum absolute atomic E-state index is 0.00885. The predicted octanol–water partition coefficient (Wildman–Crippen LogP) is -1.26. The molecule has 0 bridgehead atoms. The first-order valence-electron chi connectivity index (χ1n) is 11.9. The van der Waals surface area contributed by atoms with Crippen molar-refractivity contribution in [2.75, 3.05) is 24.6 Å². The van der Waals surface area contributed by atoms with Gasteiger partial charge in [0.1, 0.15) is 11.7 Å². The molecule has 0 spiro atoms. The Morgan fingerprint density at radius 1 is 1.05 bits per heavy atom. The SMILES string of the molecule is O=C(N[C@H](CC(=O)N1CCS(=O)(=O)CC1)C(=O)N[C@@H](CCCc1ccccc1)B(O)O)c1cnccn1. The van der Waals surface area contributed by atoms with Gasteiger partial charge in [0.25, 0.3) is 5.91 Å². The summed E-state index contributed by atoms with van der Waals surface area (Å²) in [5.74, 6) is -3.44. The largest absolute Gasteiger partial charge is 0.475 e. The molecule has 1 aromatic heterocycles. The van der Waals surface area contributed by atoms with E-state index in [9.17, 15) is 32.8 Å². The Morgan fingerprint density at radius 2 is 1.76 bits per heavy atom. The molecule has 0 saturated carbocycles. The molecule has 1 aliphatic rings. The lowest BCUT2D eigenvalue weighted by molar-refractivity contribution is -0.134. The number of sulfone groups is 1. The lowest BCUT2D eigenvalue weighted by Crippen LogP contribution is -2.55. The van der Waals surface area contributed by atoms with Crippen LogP contribution in [0, 0.1) is 0 Å². The Bertz CT molecular complexity index is 1150. The third-order valence-corrected chi connectivity index (χ3v) is 7.61. The van der Waals surface area contributed by atoms with Crippen LogP contribution in [0.1, 0.15) is 35.3 Å². The van der Waals surface area contributed by atoms with Crippen LogP contribution in [0.5, 0.6) is 0 Å². The first-order chi connectivity index (χ1) is 17.6. The van der Waals surface area contributed by atoms with E-state index in [1.54, 1.807) is 0 Å². The number of carbonyl (C=O) groups is 3. The summed E-state index contributed by atoms with van der Waals surface area (Å²) in [7, 11) is -5.08. The second kappa shape index (κ2) is 13.3. The number of carbonyl (C=O) groups excluding carboxylic acids is 3. The van der Waals surface area contributed by atoms with Crippen LogP contribution < -0.4 is 10.6 Å². The van der Waals surface area contributed by atoms with E-state index in [-0.39, 0.29) is 36.7 Å². The topological polar surface area (TPSA) is 179 Å². The maximum atomic E-state index is 13.1. The van der Waals surface area contributed by atoms with Gasteiger partial charge in [0, 0.05) is 25.5 Å². The molecule has 3 rings (SSSR count). The fraction of sp³-hybridized carbons (Fsp3) is 0.435. The van der Waals surface area contributed by atoms with Crippen LogP contribution in [0.3, 0.4) is 0 Å². The molecule has 198 valence electrons. The summed E-state index contributed by atoms with van der Waals surface area (Å²) in [5.41, 5.74) is 0.988. The van der Waals surface area contributed by atoms with E-state index in [1.165, 1.54) is 23.5 Å². The third-order valence-electron chi connectivity index (χ3n) is 6.00. The summed E-state index contributed by atoms with van der Waals surface area (Å²) < 4.78 is 23.4. The molecule has 2 atom stereocenters. The van der Waals surface area contributed by atoms with Crippen molar-refractivity contribution in [3.63, 3.8) is 0 Å². The van der Waals surface area contributed by atoms with Crippen molar-refractivity contribution in [2.24, 2.45) is 0 Å². The Labute approximate surface area is 215 Å². The van der Waals surface area contributed by atoms with Crippen molar-refractivity contribution >= 4 is 34.7 Å². The number of amides is 3. The molecule has 4 N–H and O–H groups in total. The molecule has 1 fully saturated rings. The van der Waals surface area contributed by atoms with E-state index >= 15 is 0 Å². The fourth-order valence-corrected chi connectivity index (χ4v) is 5.07. The van der Waals surface area contributed by atoms with Crippen molar-refractivity contribution in [3.8, 4) is 0 Å². The van der Waals surface area contributed by atoms with Gasteiger partial charge in [0.2, 0.25) is 11.8 Å². The van der Waals surface area contributed by atoms with Gasteiger partial charge in [-0.2, -0.15) is 0 Å². The Kier molecular flexibility index (Phi) is 10.1. The van der Waals surface area contributed by atoms with Gasteiger partial charge < -0.3 is 25.6 Å². The molecule has 1 saturated heterocycles. The second-order valence-corrected chi connectivity index (χ2v) is 11.1. The van der Waals surface area contributed by atoms with Crippen LogP contribution in [0.2, 0.25) is 0 Å². The van der Waals surface area contributed by atoms with E-state index in [0.717, 1.165) is 5.56 Å². The minimum Gasteiger partial charge on any atom is -0.426 e. The summed E-state index contributed by atoms with van der Waals surface area (Å²) in [5, 5.41) is 24.7. The normalized spacial score (nSPS) is 16.3. The first-order valence-corrected chi connectivity index (χ1v) is 13.7. The lowest BCUT2D eigenvalue weighted by Gasteiger charge is -2.29. The summed E-state index contributed by atoms with van der Waals surface area (Å²) in [6.07, 6.45) is 4.86. The number of rotatable bonds is 11. The molecule has 0 unspecified atom stereocenters. The van der Waals surface area contributed by atoms with Gasteiger partial charge in [-0.15, -0.1) is 0 Å². The predicted molar refractivity (Wildman–Crippen MR) is 135 cm³/mol. The standard InChI is InChI=1S/C23H30BN5O7S/c30-21(29-11-13-37(35,36)14-12-29)15-18(27-23(32)19-16-25-9-10-26-19)22(31)28-20(24(33)34)8-4-7-17-5-2-1-3-6-17/h1-3,5-6,9-10,16,18,20,33-34H,4,7-8,11-15H2,(H,27,32)(H,28,31)/t18-,20+/m1/s1. The van der Waals surface area contributed by atoms with Gasteiger partial charge >= 0.3 is 7.12 Å². The van der Waals surface area contributed by atoms with Crippen LogP contribution in [0.4, 0.5) is 0 Å². The van der Waals surface area contributed by atoms with E-state index in [2.05, 4.69) is 20.6 Å². The number of nitrogens with zero attached hydrogens (tertiary/aromatic N) is 3. The number of aromatic nitrogens is 2. The van der Waals surface area contributed by atoms with Gasteiger partial charge in [-0.3, -0.25) is 19.4 Å². The van der Waals surface area contributed by atoms with Crippen molar-refractivity contribution in [2.45, 2.75) is 37.7 Å². The van der Waals surface area contributed by atoms with Gasteiger partial charge in [0.15, 0.2) is 9.84 Å². The van der Waals surface area contributed by atoms with Gasteiger partial charge in [-0.05, 0) is 24.8 Å². The molecular formula is C23H30BN5O7S. The second-order valence-electron chi connectivity index (χ2n) is 8.76. The highest BCUT2D eigenvalue weighted by atomic mass is 32.2. The molecule has 0 aliphatic carbocycles. The zero-order valence-corrected chi connectivity index (χ0v) is 21.0. The van der Waals surface area contributed by atoms with Crippen molar-refractivity contribution < 1.29 is 32.8 Å². The number of hydrogen-bond acceptors (Lipinski definition) is 9. The average Bonchev–Trinajstić information content (AvgIpc) is 2.88. The highest BCUT2D eigenvalue weighted by molar-refractivity contribution is 7.91. The summed E-state index contributed by atoms with van der Waals surface area (Å²) in [6, 6.07) is 8.21. The van der Waals surface area contributed by atoms with Gasteiger partial charge in [-0.25, -0.2) is 13.4 Å². The Hall–Kier alpha value is -3.36. The third kappa shape index (κ3) is 8.91. The van der Waals surface area contributed by atoms with Gasteiger partial charge in [-0.1, -0.05) is 30.3 Å². The molecule has 2 aromatic rings. The van der Waals surface area contributed by atoms with Crippen LogP contribution in [-0.4, -0.2) is 94.8 Å². The molecule has 2 heterocycles. The molecule has 1 aliphatic heterocycles. The molecular weight excluding hydrogens is 501 g/mol. The van der Waals surface area contributed by atoms with Crippen LogP contribution in [0.15, 0.2) is 48.9 Å². The number of hydrogen-bond donors (Lipinski definition) is 4. The zero-order valence-electron chi connectivity index (χ0n) is 20.2. The number of benzene rings is 1. The number of aryl methyl sites for hydroxylation is 1. The van der Waals surface area contributed by atoms with E-state index in [1.807, 2.05) is 30.3 Å². The van der Waals surface area contributed by atoms with Crippen molar-refractivity contribution in [1.82, 2.24) is 25.5 Å². The molecule has 1 aromatic carbocycles. The lowest BCUT2D eigenvalue weighted by atomic mass is 9.76. The van der Waals surface area contributed by atoms with E-state index in [0.29, 0.717) is 12.8 Å². The van der Waals surface area contributed by atoms with Gasteiger partial charge in [0.05, 0.1) is 30.1 Å². The smallest absolute Gasteiger partial charge is 0.426 e. The molecule has 3 amide bonds. The van der Waals surface area contributed by atoms with E-state index in [4.69, 9.17) is 0 Å². The van der Waals surface area contributed by atoms with Crippen LogP contribution >= 0.6 is 0 Å². The summed E-state index contributed by atoms with van der Waals surface area (Å²) in [4.78, 5) is 47.7.